The van der Waals surface area contributed by atoms with Crippen LogP contribution in [0, 0.1) is 11.3 Å². The first kappa shape index (κ1) is 11.3. The first-order valence-corrected chi connectivity index (χ1v) is 3.81. The van der Waals surface area contributed by atoms with Crippen LogP contribution in [-0.2, 0) is 6.54 Å². The molecule has 0 aliphatic carbocycles. The van der Waals surface area contributed by atoms with Gasteiger partial charge in [0, 0.05) is 12.6 Å². The van der Waals surface area contributed by atoms with E-state index in [-0.39, 0.29) is 17.8 Å². The largest absolute Gasteiger partial charge is 0.573 e. The Morgan fingerprint density at radius 1 is 1.53 bits per heavy atom. The minimum Gasteiger partial charge on any atom is -0.404 e. The third-order valence-corrected chi connectivity index (χ3v) is 1.49. The van der Waals surface area contributed by atoms with Gasteiger partial charge in [0.1, 0.15) is 11.8 Å². The lowest BCUT2D eigenvalue weighted by Crippen LogP contribution is -2.17. The molecule has 2 N–H and O–H groups in total. The Bertz CT molecular complexity index is 397. The van der Waals surface area contributed by atoms with E-state index in [9.17, 15) is 13.2 Å². The number of nitriles is 1. The first-order valence-electron chi connectivity index (χ1n) is 3.81. The molecular formula is C8H6F3N3O. The van der Waals surface area contributed by atoms with Gasteiger partial charge in [-0.25, -0.2) is 0 Å². The number of alkyl halides is 3. The number of nitrogens with zero attached hydrogens (tertiary/aromatic N) is 2. The molecule has 0 atom stereocenters. The number of halogens is 3. The number of hydrogen-bond donors (Lipinski definition) is 1. The highest BCUT2D eigenvalue weighted by Crippen LogP contribution is 2.23. The Hall–Kier alpha value is -1.81. The zero-order valence-electron chi connectivity index (χ0n) is 7.38. The van der Waals surface area contributed by atoms with E-state index in [0.717, 1.165) is 12.3 Å². The molecule has 0 saturated heterocycles. The predicted molar refractivity (Wildman–Crippen MR) is 43.5 cm³/mol. The number of ether oxygens (including phenoxy) is 1. The molecule has 1 aromatic rings. The summed E-state index contributed by atoms with van der Waals surface area (Å²) in [6, 6.07) is 2.63. The van der Waals surface area contributed by atoms with Gasteiger partial charge in [-0.2, -0.15) is 5.26 Å². The van der Waals surface area contributed by atoms with Crippen molar-refractivity contribution in [3.8, 4) is 11.8 Å². The van der Waals surface area contributed by atoms with Crippen LogP contribution in [0.1, 0.15) is 11.3 Å². The van der Waals surface area contributed by atoms with Gasteiger partial charge < -0.3 is 10.5 Å². The Balaban J connectivity index is 3.00. The fourth-order valence-corrected chi connectivity index (χ4v) is 0.923. The van der Waals surface area contributed by atoms with Crippen molar-refractivity contribution in [2.45, 2.75) is 12.9 Å². The predicted octanol–water partition coefficient (Wildman–Crippen LogP) is 1.31. The van der Waals surface area contributed by atoms with Crippen molar-refractivity contribution in [3.05, 3.63) is 23.5 Å². The molecule has 0 aliphatic rings. The van der Waals surface area contributed by atoms with Gasteiger partial charge >= 0.3 is 6.36 Å². The van der Waals surface area contributed by atoms with E-state index in [0.29, 0.717) is 0 Å². The highest BCUT2D eigenvalue weighted by atomic mass is 19.4. The Morgan fingerprint density at radius 3 is 2.67 bits per heavy atom. The number of rotatable bonds is 2. The number of aromatic nitrogens is 1. The molecule has 7 heteroatoms. The van der Waals surface area contributed by atoms with Gasteiger partial charge in [-0.05, 0) is 0 Å². The minimum atomic E-state index is -4.79. The van der Waals surface area contributed by atoms with Crippen molar-refractivity contribution in [3.63, 3.8) is 0 Å². The van der Waals surface area contributed by atoms with Gasteiger partial charge in [0.2, 0.25) is 0 Å². The van der Waals surface area contributed by atoms with E-state index >= 15 is 0 Å². The van der Waals surface area contributed by atoms with E-state index in [4.69, 9.17) is 11.0 Å². The normalized spacial score (nSPS) is 10.9. The third kappa shape index (κ3) is 3.11. The zero-order valence-corrected chi connectivity index (χ0v) is 7.38. The van der Waals surface area contributed by atoms with E-state index in [1.807, 2.05) is 0 Å². The molecule has 0 saturated carbocycles. The van der Waals surface area contributed by atoms with Gasteiger partial charge in [-0.1, -0.05) is 0 Å². The molecule has 0 aliphatic heterocycles. The van der Waals surface area contributed by atoms with Crippen LogP contribution in [0.25, 0.3) is 0 Å². The molecule has 0 radical (unpaired) electrons. The summed E-state index contributed by atoms with van der Waals surface area (Å²) in [4.78, 5) is 3.58. The van der Waals surface area contributed by atoms with Crippen LogP contribution in [0.2, 0.25) is 0 Å². The minimum absolute atomic E-state index is 0.0187. The van der Waals surface area contributed by atoms with E-state index in [2.05, 4.69) is 9.72 Å². The maximum absolute atomic E-state index is 11.8. The lowest BCUT2D eigenvalue weighted by molar-refractivity contribution is -0.274. The number of hydrogen-bond acceptors (Lipinski definition) is 4. The summed E-state index contributed by atoms with van der Waals surface area (Å²) < 4.78 is 39.0. The van der Waals surface area contributed by atoms with Gasteiger partial charge in [-0.3, -0.25) is 4.98 Å². The van der Waals surface area contributed by atoms with Crippen LogP contribution in [0.5, 0.6) is 5.75 Å². The molecular weight excluding hydrogens is 211 g/mol. The monoisotopic (exact) mass is 217 g/mol. The number of pyridine rings is 1. The summed E-state index contributed by atoms with van der Waals surface area (Å²) in [5, 5.41) is 8.59. The summed E-state index contributed by atoms with van der Waals surface area (Å²) in [7, 11) is 0. The fraction of sp³-hybridized carbons (Fsp3) is 0.250. The van der Waals surface area contributed by atoms with E-state index in [1.54, 1.807) is 6.07 Å². The molecule has 1 rings (SSSR count). The lowest BCUT2D eigenvalue weighted by atomic mass is 10.2. The molecule has 0 amide bonds. The average molecular weight is 217 g/mol. The van der Waals surface area contributed by atoms with Crippen molar-refractivity contribution < 1.29 is 17.9 Å². The van der Waals surface area contributed by atoms with Crippen LogP contribution in [0.3, 0.4) is 0 Å². The van der Waals surface area contributed by atoms with Crippen LogP contribution in [0.15, 0.2) is 12.3 Å². The van der Waals surface area contributed by atoms with Gasteiger partial charge in [-0.15, -0.1) is 13.2 Å². The van der Waals surface area contributed by atoms with Crippen LogP contribution >= 0.6 is 0 Å². The molecule has 80 valence electrons. The van der Waals surface area contributed by atoms with Crippen molar-refractivity contribution in [2.24, 2.45) is 5.73 Å². The smallest absolute Gasteiger partial charge is 0.404 e. The second kappa shape index (κ2) is 4.14. The Labute approximate surface area is 83.1 Å². The SMILES string of the molecule is N#Cc1cc(OC(F)(F)F)cnc1CN. The standard InChI is InChI=1S/C8H6F3N3O/c9-8(10,11)15-6-1-5(2-12)7(3-13)14-4-6/h1,4H,3,13H2. The lowest BCUT2D eigenvalue weighted by Gasteiger charge is -2.09. The highest BCUT2D eigenvalue weighted by molar-refractivity contribution is 5.38. The summed E-state index contributed by atoms with van der Waals surface area (Å²) in [6.07, 6.45) is -3.92. The Morgan fingerprint density at radius 2 is 2.20 bits per heavy atom. The summed E-state index contributed by atoms with van der Waals surface area (Å²) in [6.45, 7) is -0.0187. The van der Waals surface area contributed by atoms with Gasteiger partial charge in [0.15, 0.2) is 0 Å². The fourth-order valence-electron chi connectivity index (χ4n) is 0.923. The maximum atomic E-state index is 11.8. The van der Waals surface area contributed by atoms with Gasteiger partial charge in [0.25, 0.3) is 0 Å². The second-order valence-electron chi connectivity index (χ2n) is 2.53. The molecule has 1 aromatic heterocycles. The topological polar surface area (TPSA) is 71.9 Å². The van der Waals surface area contributed by atoms with E-state index in [1.165, 1.54) is 0 Å². The van der Waals surface area contributed by atoms with Crippen molar-refractivity contribution >= 4 is 0 Å². The highest BCUT2D eigenvalue weighted by Gasteiger charge is 2.31. The van der Waals surface area contributed by atoms with Crippen LogP contribution in [-0.4, -0.2) is 11.3 Å². The summed E-state index contributed by atoms with van der Waals surface area (Å²) in [5.41, 5.74) is 5.43. The van der Waals surface area contributed by atoms with Crippen molar-refractivity contribution in [1.82, 2.24) is 4.98 Å². The zero-order chi connectivity index (χ0) is 11.5. The van der Waals surface area contributed by atoms with Gasteiger partial charge in [0.05, 0.1) is 17.5 Å². The second-order valence-corrected chi connectivity index (χ2v) is 2.53. The molecule has 15 heavy (non-hydrogen) atoms. The van der Waals surface area contributed by atoms with Crippen LogP contribution < -0.4 is 10.5 Å². The molecule has 1 heterocycles. The molecule has 0 spiro atoms. The molecule has 0 bridgehead atoms. The third-order valence-electron chi connectivity index (χ3n) is 1.49. The Kier molecular flexibility index (Phi) is 3.11. The summed E-state index contributed by atoms with van der Waals surface area (Å²) >= 11 is 0. The van der Waals surface area contributed by atoms with Crippen LogP contribution in [0.4, 0.5) is 13.2 Å². The molecule has 4 nitrogen and oxygen atoms in total. The molecule has 0 unspecified atom stereocenters. The molecule has 0 aromatic carbocycles. The summed E-state index contributed by atoms with van der Waals surface area (Å²) in [5.74, 6) is -0.531. The maximum Gasteiger partial charge on any atom is 0.573 e. The first-order chi connectivity index (χ1) is 6.96. The van der Waals surface area contributed by atoms with E-state index < -0.39 is 12.1 Å². The average Bonchev–Trinajstić information content (AvgIpc) is 2.15. The number of nitrogens with two attached hydrogens (primary N) is 1. The van der Waals surface area contributed by atoms with Crippen molar-refractivity contribution in [1.29, 1.82) is 5.26 Å². The quantitative estimate of drug-likeness (QED) is 0.810. The molecule has 0 fully saturated rings. The van der Waals surface area contributed by atoms with Crippen molar-refractivity contribution in [2.75, 3.05) is 0 Å².